The van der Waals surface area contributed by atoms with Crippen molar-refractivity contribution in [2.75, 3.05) is 6.61 Å². The molecular formula is C19H12Cl3F3O5. The Labute approximate surface area is 183 Å². The molecule has 30 heavy (non-hydrogen) atoms. The number of hydrogen-bond donors (Lipinski definition) is 1. The van der Waals surface area contributed by atoms with E-state index in [1.807, 2.05) is 0 Å². The van der Waals surface area contributed by atoms with Crippen LogP contribution in [-0.2, 0) is 4.79 Å². The molecule has 0 fully saturated rings. The van der Waals surface area contributed by atoms with Gasteiger partial charge in [-0.05, 0) is 25.1 Å². The van der Waals surface area contributed by atoms with Gasteiger partial charge in [0.15, 0.2) is 5.75 Å². The maximum absolute atomic E-state index is 13.3. The highest BCUT2D eigenvalue weighted by Crippen LogP contribution is 2.47. The van der Waals surface area contributed by atoms with Crippen molar-refractivity contribution >= 4 is 46.8 Å². The van der Waals surface area contributed by atoms with E-state index in [9.17, 15) is 18.0 Å². The smallest absolute Gasteiger partial charge is 0.430 e. The molecule has 0 saturated heterocycles. The molecule has 0 aromatic heterocycles. The summed E-state index contributed by atoms with van der Waals surface area (Å²) in [6.07, 6.45) is -6.85. The zero-order valence-corrected chi connectivity index (χ0v) is 17.3. The second kappa shape index (κ2) is 8.45. The van der Waals surface area contributed by atoms with Gasteiger partial charge in [-0.3, -0.25) is 0 Å². The van der Waals surface area contributed by atoms with E-state index in [0.717, 1.165) is 12.1 Å². The number of alkyl halides is 3. The van der Waals surface area contributed by atoms with E-state index in [0.29, 0.717) is 12.4 Å². The quantitative estimate of drug-likeness (QED) is 0.517. The number of ether oxygens (including phenoxy) is 3. The SMILES string of the molecule is CCOc1ccc(Oc2cc3c(c(Cl)c2Cl)C=C(C(=O)O)C(C(F)(F)F)O3)cc1Cl. The number of halogens is 6. The van der Waals surface area contributed by atoms with Gasteiger partial charge in [-0.2, -0.15) is 13.2 Å². The lowest BCUT2D eigenvalue weighted by molar-refractivity contribution is -0.187. The van der Waals surface area contributed by atoms with Crippen molar-refractivity contribution in [3.05, 3.63) is 50.5 Å². The van der Waals surface area contributed by atoms with Crippen LogP contribution in [0, 0.1) is 0 Å². The third kappa shape index (κ3) is 4.40. The van der Waals surface area contributed by atoms with Crippen molar-refractivity contribution < 1.29 is 37.3 Å². The van der Waals surface area contributed by atoms with Gasteiger partial charge in [-0.15, -0.1) is 0 Å². The molecule has 1 N–H and O–H groups in total. The van der Waals surface area contributed by atoms with Crippen LogP contribution in [0.15, 0.2) is 29.8 Å². The predicted octanol–water partition coefficient (Wildman–Crippen LogP) is 6.63. The lowest BCUT2D eigenvalue weighted by Gasteiger charge is -2.28. The van der Waals surface area contributed by atoms with E-state index in [1.165, 1.54) is 12.1 Å². The molecule has 0 aliphatic carbocycles. The average molecular weight is 484 g/mol. The molecule has 3 rings (SSSR count). The van der Waals surface area contributed by atoms with E-state index < -0.39 is 23.8 Å². The molecule has 0 radical (unpaired) electrons. The molecule has 2 aromatic carbocycles. The van der Waals surface area contributed by atoms with Crippen molar-refractivity contribution in [2.45, 2.75) is 19.2 Å². The number of carboxylic acids is 1. The third-order valence-electron chi connectivity index (χ3n) is 3.98. The molecule has 1 atom stereocenters. The Kier molecular flexibility index (Phi) is 6.31. The molecule has 0 amide bonds. The van der Waals surface area contributed by atoms with Crippen LogP contribution in [0.1, 0.15) is 12.5 Å². The number of aliphatic carboxylic acids is 1. The second-order valence-corrected chi connectivity index (χ2v) is 7.15. The van der Waals surface area contributed by atoms with Crippen molar-refractivity contribution in [2.24, 2.45) is 0 Å². The van der Waals surface area contributed by atoms with E-state index >= 15 is 0 Å². The zero-order valence-electron chi connectivity index (χ0n) is 15.0. The van der Waals surface area contributed by atoms with Gasteiger partial charge in [0.05, 0.1) is 22.2 Å². The van der Waals surface area contributed by atoms with E-state index in [-0.39, 0.29) is 37.9 Å². The minimum absolute atomic E-state index is 0.100. The van der Waals surface area contributed by atoms with Gasteiger partial charge in [0, 0.05) is 17.7 Å². The fraction of sp³-hybridized carbons (Fsp3) is 0.211. The maximum atomic E-state index is 13.3. The Morgan fingerprint density at radius 3 is 2.43 bits per heavy atom. The van der Waals surface area contributed by atoms with Gasteiger partial charge < -0.3 is 19.3 Å². The first-order valence-corrected chi connectivity index (χ1v) is 9.46. The van der Waals surface area contributed by atoms with Crippen LogP contribution in [0.3, 0.4) is 0 Å². The average Bonchev–Trinajstić information content (AvgIpc) is 2.66. The summed E-state index contributed by atoms with van der Waals surface area (Å²) in [5.74, 6) is -1.59. The second-order valence-electron chi connectivity index (χ2n) is 5.99. The molecule has 2 aromatic rings. The first-order chi connectivity index (χ1) is 14.0. The molecule has 0 saturated carbocycles. The van der Waals surface area contributed by atoms with Crippen molar-refractivity contribution in [1.29, 1.82) is 0 Å². The summed E-state index contributed by atoms with van der Waals surface area (Å²) in [6.45, 7) is 2.18. The predicted molar refractivity (Wildman–Crippen MR) is 105 cm³/mol. The van der Waals surface area contributed by atoms with Crippen LogP contribution >= 0.6 is 34.8 Å². The van der Waals surface area contributed by atoms with Gasteiger partial charge in [0.25, 0.3) is 0 Å². The molecule has 160 valence electrons. The number of carbonyl (C=O) groups is 1. The Hall–Kier alpha value is -2.29. The molecule has 1 aliphatic rings. The molecule has 5 nitrogen and oxygen atoms in total. The monoisotopic (exact) mass is 482 g/mol. The highest BCUT2D eigenvalue weighted by atomic mass is 35.5. The number of benzene rings is 2. The summed E-state index contributed by atoms with van der Waals surface area (Å²) in [7, 11) is 0. The molecule has 1 aliphatic heterocycles. The summed E-state index contributed by atoms with van der Waals surface area (Å²) in [5.41, 5.74) is -1.11. The Morgan fingerprint density at radius 1 is 1.17 bits per heavy atom. The molecule has 0 bridgehead atoms. The lowest BCUT2D eigenvalue weighted by Crippen LogP contribution is -2.40. The number of hydrogen-bond acceptors (Lipinski definition) is 4. The van der Waals surface area contributed by atoms with E-state index in [2.05, 4.69) is 0 Å². The summed E-state index contributed by atoms with van der Waals surface area (Å²) >= 11 is 18.4. The van der Waals surface area contributed by atoms with Crippen LogP contribution in [0.4, 0.5) is 13.2 Å². The first kappa shape index (κ1) is 22.4. The maximum Gasteiger partial charge on any atom is 0.430 e. The van der Waals surface area contributed by atoms with Crippen LogP contribution in [0.25, 0.3) is 6.08 Å². The Morgan fingerprint density at radius 2 is 1.87 bits per heavy atom. The van der Waals surface area contributed by atoms with Gasteiger partial charge in [0.2, 0.25) is 6.10 Å². The zero-order chi connectivity index (χ0) is 22.2. The Bertz CT molecular complexity index is 1040. The molecule has 0 spiro atoms. The van der Waals surface area contributed by atoms with E-state index in [1.54, 1.807) is 13.0 Å². The van der Waals surface area contributed by atoms with Crippen molar-refractivity contribution in [3.63, 3.8) is 0 Å². The topological polar surface area (TPSA) is 65.0 Å². The standard InChI is InChI=1S/C19H12Cl3F3O5/c1-2-28-12-4-3-8(5-11(12)20)29-14-7-13-9(15(21)16(14)22)6-10(18(26)27)17(30-13)19(23,24)25/h3-7,17H,2H2,1H3,(H,26,27). The molecule has 11 heteroatoms. The first-order valence-electron chi connectivity index (χ1n) is 8.33. The highest BCUT2D eigenvalue weighted by molar-refractivity contribution is 6.44. The third-order valence-corrected chi connectivity index (χ3v) is 5.14. The van der Waals surface area contributed by atoms with Gasteiger partial charge in [-0.25, -0.2) is 4.79 Å². The minimum Gasteiger partial charge on any atom is -0.492 e. The normalized spacial score (nSPS) is 15.7. The van der Waals surface area contributed by atoms with Crippen LogP contribution < -0.4 is 14.2 Å². The summed E-state index contributed by atoms with van der Waals surface area (Å²) in [6, 6.07) is 5.59. The molecular weight excluding hydrogens is 472 g/mol. The summed E-state index contributed by atoms with van der Waals surface area (Å²) < 4.78 is 55.7. The van der Waals surface area contributed by atoms with Gasteiger partial charge in [-0.1, -0.05) is 34.8 Å². The van der Waals surface area contributed by atoms with Gasteiger partial charge in [0.1, 0.15) is 22.3 Å². The fourth-order valence-electron chi connectivity index (χ4n) is 2.68. The largest absolute Gasteiger partial charge is 0.492 e. The van der Waals surface area contributed by atoms with E-state index in [4.69, 9.17) is 54.1 Å². The summed E-state index contributed by atoms with van der Waals surface area (Å²) in [5, 5.41) is 9.00. The fourth-order valence-corrected chi connectivity index (χ4v) is 3.35. The van der Waals surface area contributed by atoms with Gasteiger partial charge >= 0.3 is 12.1 Å². The lowest BCUT2D eigenvalue weighted by atomic mass is 10.0. The number of rotatable bonds is 5. The summed E-state index contributed by atoms with van der Waals surface area (Å²) in [4.78, 5) is 11.3. The highest BCUT2D eigenvalue weighted by Gasteiger charge is 2.49. The molecule has 1 unspecified atom stereocenters. The van der Waals surface area contributed by atoms with Crippen molar-refractivity contribution in [1.82, 2.24) is 0 Å². The minimum atomic E-state index is -4.96. The van der Waals surface area contributed by atoms with Crippen LogP contribution in [0.2, 0.25) is 15.1 Å². The number of fused-ring (bicyclic) bond motifs is 1. The van der Waals surface area contributed by atoms with Crippen LogP contribution in [0.5, 0.6) is 23.0 Å². The number of carboxylic acid groups (broad SMARTS) is 1. The molecule has 1 heterocycles. The van der Waals surface area contributed by atoms with Crippen LogP contribution in [-0.4, -0.2) is 30.0 Å². The Balaban J connectivity index is 2.02. The van der Waals surface area contributed by atoms with Crippen molar-refractivity contribution in [3.8, 4) is 23.0 Å².